The van der Waals surface area contributed by atoms with Crippen molar-refractivity contribution in [2.24, 2.45) is 0 Å². The summed E-state index contributed by atoms with van der Waals surface area (Å²) in [6.07, 6.45) is 2.43. The van der Waals surface area contributed by atoms with Crippen LogP contribution in [0.1, 0.15) is 41.7 Å². The highest BCUT2D eigenvalue weighted by Crippen LogP contribution is 2.29. The number of hydrogen-bond donors (Lipinski definition) is 3. The van der Waals surface area contributed by atoms with E-state index in [-0.39, 0.29) is 24.3 Å². The Morgan fingerprint density at radius 2 is 2.09 bits per heavy atom. The number of aliphatic hydroxyl groups is 1. The van der Waals surface area contributed by atoms with Crippen LogP contribution in [0.4, 0.5) is 11.5 Å². The van der Waals surface area contributed by atoms with Gasteiger partial charge in [-0.3, -0.25) is 9.59 Å². The van der Waals surface area contributed by atoms with Crippen molar-refractivity contribution in [3.05, 3.63) is 52.8 Å². The third-order valence-corrected chi connectivity index (χ3v) is 5.75. The lowest BCUT2D eigenvalue weighted by Crippen LogP contribution is -2.24. The van der Waals surface area contributed by atoms with Gasteiger partial charge in [0.05, 0.1) is 11.9 Å². The van der Waals surface area contributed by atoms with E-state index < -0.39 is 0 Å². The molecule has 10 heteroatoms. The maximum atomic E-state index is 13.0. The molecule has 9 nitrogen and oxygen atoms in total. The molecule has 0 aliphatic carbocycles. The van der Waals surface area contributed by atoms with Crippen LogP contribution in [0.25, 0.3) is 5.65 Å². The van der Waals surface area contributed by atoms with E-state index in [1.807, 2.05) is 13.0 Å². The fourth-order valence-corrected chi connectivity index (χ4v) is 3.91. The summed E-state index contributed by atoms with van der Waals surface area (Å²) in [6.45, 7) is 3.79. The summed E-state index contributed by atoms with van der Waals surface area (Å²) in [6, 6.07) is 8.70. The van der Waals surface area contributed by atoms with Gasteiger partial charge in [0.25, 0.3) is 5.91 Å². The van der Waals surface area contributed by atoms with Gasteiger partial charge in [0.1, 0.15) is 11.4 Å². The molecule has 0 saturated carbocycles. The second-order valence-electron chi connectivity index (χ2n) is 7.66. The second-order valence-corrected chi connectivity index (χ2v) is 8.09. The number of fused-ring (bicyclic) bond motifs is 1. The molecule has 1 aliphatic rings. The number of carbonyl (C=O) groups is 2. The number of aliphatic hydroxyl groups excluding tert-OH is 1. The molecule has 1 atom stereocenters. The smallest absolute Gasteiger partial charge is 0.261 e. The number of amides is 2. The molecule has 1 fully saturated rings. The Hall–Kier alpha value is -3.17. The van der Waals surface area contributed by atoms with Gasteiger partial charge >= 0.3 is 0 Å². The number of likely N-dealkylation sites (tertiary alicyclic amines) is 1. The maximum Gasteiger partial charge on any atom is 0.261 e. The van der Waals surface area contributed by atoms with E-state index in [4.69, 9.17) is 21.7 Å². The average molecular weight is 457 g/mol. The number of hydrogen-bond acceptors (Lipinski definition) is 6. The fourth-order valence-electron chi connectivity index (χ4n) is 3.78. The summed E-state index contributed by atoms with van der Waals surface area (Å²) in [4.78, 5) is 31.8. The maximum absolute atomic E-state index is 13.0. The molecule has 168 valence electrons. The third-order valence-electron chi connectivity index (χ3n) is 5.49. The molecule has 0 bridgehead atoms. The van der Waals surface area contributed by atoms with Crippen LogP contribution in [0.2, 0.25) is 5.02 Å². The first-order valence-corrected chi connectivity index (χ1v) is 11.0. The van der Waals surface area contributed by atoms with Crippen molar-refractivity contribution in [2.75, 3.05) is 36.9 Å². The third kappa shape index (κ3) is 4.53. The van der Waals surface area contributed by atoms with E-state index in [2.05, 4.69) is 15.7 Å². The van der Waals surface area contributed by atoms with Gasteiger partial charge in [-0.2, -0.15) is 9.61 Å². The number of benzene rings is 1. The molecule has 1 saturated heterocycles. The first kappa shape index (κ1) is 22.0. The lowest BCUT2D eigenvalue weighted by molar-refractivity contribution is -0.127. The van der Waals surface area contributed by atoms with Gasteiger partial charge in [0, 0.05) is 55.4 Å². The zero-order chi connectivity index (χ0) is 22.7. The van der Waals surface area contributed by atoms with Crippen molar-refractivity contribution >= 4 is 40.6 Å². The zero-order valence-corrected chi connectivity index (χ0v) is 18.5. The van der Waals surface area contributed by atoms with E-state index in [1.165, 1.54) is 6.20 Å². The lowest BCUT2D eigenvalue weighted by Gasteiger charge is -2.15. The van der Waals surface area contributed by atoms with Crippen LogP contribution >= 0.6 is 11.6 Å². The minimum Gasteiger partial charge on any atom is -0.396 e. The summed E-state index contributed by atoms with van der Waals surface area (Å²) >= 11 is 5.92. The molecule has 2 aromatic heterocycles. The number of anilines is 2. The predicted octanol–water partition coefficient (Wildman–Crippen LogP) is 2.77. The number of carbonyl (C=O) groups excluding carboxylic acids is 2. The van der Waals surface area contributed by atoms with Gasteiger partial charge < -0.3 is 20.6 Å². The van der Waals surface area contributed by atoms with Crippen molar-refractivity contribution in [2.45, 2.75) is 25.7 Å². The molecule has 1 aliphatic heterocycles. The normalized spacial score (nSPS) is 16.0. The van der Waals surface area contributed by atoms with Crippen LogP contribution in [-0.2, 0) is 4.79 Å². The number of likely N-dealkylation sites (N-methyl/N-ethyl adjacent to an activating group) is 1. The van der Waals surface area contributed by atoms with Gasteiger partial charge in [-0.25, -0.2) is 4.98 Å². The van der Waals surface area contributed by atoms with Crippen molar-refractivity contribution in [3.63, 3.8) is 0 Å². The van der Waals surface area contributed by atoms with E-state index in [0.717, 1.165) is 5.69 Å². The van der Waals surface area contributed by atoms with Crippen LogP contribution in [0, 0.1) is 0 Å². The van der Waals surface area contributed by atoms with E-state index in [9.17, 15) is 9.59 Å². The van der Waals surface area contributed by atoms with Crippen LogP contribution in [-0.4, -0.2) is 62.7 Å². The second kappa shape index (κ2) is 9.54. The number of halogens is 1. The highest BCUT2D eigenvalue weighted by molar-refractivity contribution is 6.30. The van der Waals surface area contributed by atoms with Gasteiger partial charge in [-0.15, -0.1) is 0 Å². The topological polar surface area (TPSA) is 112 Å². The van der Waals surface area contributed by atoms with Gasteiger partial charge in [0.2, 0.25) is 5.91 Å². The molecular weight excluding hydrogens is 432 g/mol. The van der Waals surface area contributed by atoms with E-state index in [1.54, 1.807) is 33.7 Å². The zero-order valence-electron chi connectivity index (χ0n) is 17.7. The molecular formula is C22H25ClN6O3. The Balaban J connectivity index is 1.69. The number of aromatic nitrogens is 3. The SMILES string of the molecule is CCN1C[C@H](c2cc(NCCCO)n3ncc(C(=O)Nc4ccc(Cl)cc4)c3n2)CC1=O. The summed E-state index contributed by atoms with van der Waals surface area (Å²) in [5, 5.41) is 20.2. The first-order chi connectivity index (χ1) is 15.5. The molecule has 0 spiro atoms. The van der Waals surface area contributed by atoms with Crippen LogP contribution < -0.4 is 10.6 Å². The van der Waals surface area contributed by atoms with Crippen molar-refractivity contribution < 1.29 is 14.7 Å². The molecule has 3 aromatic rings. The summed E-state index contributed by atoms with van der Waals surface area (Å²) in [7, 11) is 0. The van der Waals surface area contributed by atoms with Crippen molar-refractivity contribution in [1.29, 1.82) is 0 Å². The highest BCUT2D eigenvalue weighted by atomic mass is 35.5. The molecule has 32 heavy (non-hydrogen) atoms. The Bertz CT molecular complexity index is 1130. The van der Waals surface area contributed by atoms with Gasteiger partial charge in [0.15, 0.2) is 5.65 Å². The number of nitrogens with zero attached hydrogens (tertiary/aromatic N) is 4. The van der Waals surface area contributed by atoms with E-state index >= 15 is 0 Å². The van der Waals surface area contributed by atoms with Crippen LogP contribution in [0.3, 0.4) is 0 Å². The Kier molecular flexibility index (Phi) is 6.57. The number of rotatable bonds is 8. The number of nitrogens with one attached hydrogen (secondary N) is 2. The average Bonchev–Trinajstić information content (AvgIpc) is 3.38. The van der Waals surface area contributed by atoms with Crippen molar-refractivity contribution in [3.8, 4) is 0 Å². The van der Waals surface area contributed by atoms with Gasteiger partial charge in [-0.05, 0) is 37.6 Å². The highest BCUT2D eigenvalue weighted by Gasteiger charge is 2.31. The molecule has 0 radical (unpaired) electrons. The molecule has 1 aromatic carbocycles. The fraction of sp³-hybridized carbons (Fsp3) is 0.364. The predicted molar refractivity (Wildman–Crippen MR) is 122 cm³/mol. The standard InChI is InChI=1S/C22H25ClN6O3/c1-2-28-13-14(10-20(28)31)18-11-19(24-8-3-9-30)29-21(27-18)17(12-25-29)22(32)26-16-6-4-15(23)5-7-16/h4-7,11-12,14,24,30H,2-3,8-10,13H2,1H3,(H,26,32)/t14-/m1/s1. The molecule has 3 N–H and O–H groups in total. The molecule has 2 amide bonds. The Labute approximate surface area is 190 Å². The summed E-state index contributed by atoms with van der Waals surface area (Å²) in [5.41, 5.74) is 2.07. The molecule has 0 unspecified atom stereocenters. The minimum absolute atomic E-state index is 0.0600. The quantitative estimate of drug-likeness (QED) is 0.449. The molecule has 3 heterocycles. The van der Waals surface area contributed by atoms with Gasteiger partial charge in [-0.1, -0.05) is 11.6 Å². The summed E-state index contributed by atoms with van der Waals surface area (Å²) < 4.78 is 1.58. The Morgan fingerprint density at radius 3 is 2.78 bits per heavy atom. The summed E-state index contributed by atoms with van der Waals surface area (Å²) in [5.74, 6) is 0.355. The first-order valence-electron chi connectivity index (χ1n) is 10.6. The lowest BCUT2D eigenvalue weighted by atomic mass is 10.0. The minimum atomic E-state index is -0.342. The largest absolute Gasteiger partial charge is 0.396 e. The molecule has 4 rings (SSSR count). The van der Waals surface area contributed by atoms with Crippen molar-refractivity contribution in [1.82, 2.24) is 19.5 Å². The van der Waals surface area contributed by atoms with Crippen LogP contribution in [0.5, 0.6) is 0 Å². The van der Waals surface area contributed by atoms with Crippen LogP contribution in [0.15, 0.2) is 36.5 Å². The monoisotopic (exact) mass is 456 g/mol. The van der Waals surface area contributed by atoms with E-state index in [0.29, 0.717) is 60.2 Å². The Morgan fingerprint density at radius 1 is 1.31 bits per heavy atom.